The van der Waals surface area contributed by atoms with Gasteiger partial charge in [-0.15, -0.1) is 0 Å². The van der Waals surface area contributed by atoms with Crippen molar-refractivity contribution < 1.29 is 8.78 Å². The normalized spacial score (nSPS) is 12.0. The summed E-state index contributed by atoms with van der Waals surface area (Å²) in [5.74, 6) is -1.51. The fourth-order valence-electron chi connectivity index (χ4n) is 1.93. The maximum absolute atomic E-state index is 13.9. The van der Waals surface area contributed by atoms with Crippen LogP contribution >= 0.6 is 0 Å². The molecule has 0 spiro atoms. The van der Waals surface area contributed by atoms with Gasteiger partial charge in [-0.1, -0.05) is 13.8 Å². The number of halogens is 2. The van der Waals surface area contributed by atoms with Gasteiger partial charge < -0.3 is 11.5 Å². The number of pyridine rings is 1. The van der Waals surface area contributed by atoms with Crippen LogP contribution in [0.3, 0.4) is 0 Å². The summed E-state index contributed by atoms with van der Waals surface area (Å²) in [6.45, 7) is 3.32. The summed E-state index contributed by atoms with van der Waals surface area (Å²) in [4.78, 5) is 3.92. The van der Waals surface area contributed by atoms with E-state index < -0.39 is 11.6 Å². The van der Waals surface area contributed by atoms with Crippen LogP contribution in [0.25, 0.3) is 6.08 Å². The highest BCUT2D eigenvalue weighted by atomic mass is 19.1. The minimum Gasteiger partial charge on any atom is -0.383 e. The topological polar surface area (TPSA) is 107 Å². The Labute approximate surface area is 132 Å². The van der Waals surface area contributed by atoms with Crippen LogP contribution in [0, 0.1) is 17.1 Å². The predicted molar refractivity (Wildman–Crippen MR) is 84.9 cm³/mol. The van der Waals surface area contributed by atoms with Crippen LogP contribution < -0.4 is 11.5 Å². The molecule has 0 fully saturated rings. The Morgan fingerprint density at radius 3 is 2.74 bits per heavy atom. The molecule has 0 unspecified atom stereocenters. The number of hydrogen-bond donors (Lipinski definition) is 3. The van der Waals surface area contributed by atoms with Crippen molar-refractivity contribution in [2.75, 3.05) is 5.73 Å². The highest BCUT2D eigenvalue weighted by molar-refractivity contribution is 5.98. The molecule has 2 aromatic heterocycles. The fraction of sp³-hybridized carbons (Fsp3) is 0.267. The first kappa shape index (κ1) is 16.6. The summed E-state index contributed by atoms with van der Waals surface area (Å²) in [6, 6.07) is 2.74. The number of rotatable bonds is 5. The second-order valence-electron chi connectivity index (χ2n) is 5.33. The van der Waals surface area contributed by atoms with Gasteiger partial charge in [0.2, 0.25) is 0 Å². The van der Waals surface area contributed by atoms with Crippen molar-refractivity contribution in [1.82, 2.24) is 14.8 Å². The van der Waals surface area contributed by atoms with E-state index in [9.17, 15) is 8.78 Å². The van der Waals surface area contributed by atoms with Crippen molar-refractivity contribution >= 4 is 17.7 Å². The molecule has 2 aromatic rings. The minimum absolute atomic E-state index is 0.0457. The summed E-state index contributed by atoms with van der Waals surface area (Å²) in [5.41, 5.74) is 11.9. The number of nitrogen functional groups attached to an aromatic ring is 2. The molecule has 23 heavy (non-hydrogen) atoms. The molecule has 2 heterocycles. The van der Waals surface area contributed by atoms with E-state index in [1.165, 1.54) is 29.1 Å². The van der Waals surface area contributed by atoms with Gasteiger partial charge >= 0.3 is 0 Å². The number of hydrogen-bond acceptors (Lipinski definition) is 4. The van der Waals surface area contributed by atoms with Gasteiger partial charge in [0.15, 0.2) is 0 Å². The molecule has 8 heteroatoms. The lowest BCUT2D eigenvalue weighted by atomic mass is 10.1. The Kier molecular flexibility index (Phi) is 4.73. The molecule has 0 atom stereocenters. The molecule has 0 aliphatic rings. The summed E-state index contributed by atoms with van der Waals surface area (Å²) < 4.78 is 28.9. The van der Waals surface area contributed by atoms with Crippen LogP contribution in [0.2, 0.25) is 0 Å². The summed E-state index contributed by atoms with van der Waals surface area (Å²) in [5, 5.41) is 11.6. The lowest BCUT2D eigenvalue weighted by molar-refractivity contribution is 0.527. The minimum atomic E-state index is -0.503. The Bertz CT molecular complexity index is 763. The SMILES string of the molecule is CC(C)/C(F)=C\c1c(C(=N)N)nn(Cc2ncccc2F)c1N. The Hall–Kier alpha value is -2.77. The van der Waals surface area contributed by atoms with Crippen molar-refractivity contribution in [3.8, 4) is 0 Å². The van der Waals surface area contributed by atoms with Crippen LogP contribution in [-0.4, -0.2) is 20.6 Å². The molecule has 0 saturated carbocycles. The molecule has 5 N–H and O–H groups in total. The van der Waals surface area contributed by atoms with Gasteiger partial charge in [-0.25, -0.2) is 13.5 Å². The standard InChI is InChI=1S/C15H18F2N6/c1-8(2)11(17)6-9-13(14(18)19)22-23(15(9)20)7-12-10(16)4-3-5-21-12/h3-6,8H,7,20H2,1-2H3,(H3,18,19)/b11-6+. The van der Waals surface area contributed by atoms with E-state index in [4.69, 9.17) is 16.9 Å². The first-order valence-electron chi connectivity index (χ1n) is 6.98. The fourth-order valence-corrected chi connectivity index (χ4v) is 1.93. The van der Waals surface area contributed by atoms with Crippen LogP contribution in [0.1, 0.15) is 30.8 Å². The molecule has 0 bridgehead atoms. The highest BCUT2D eigenvalue weighted by Gasteiger charge is 2.19. The third-order valence-corrected chi connectivity index (χ3v) is 3.25. The van der Waals surface area contributed by atoms with Crippen molar-refractivity contribution in [2.45, 2.75) is 20.4 Å². The number of allylic oxidation sites excluding steroid dienone is 1. The number of anilines is 1. The van der Waals surface area contributed by atoms with E-state index in [1.54, 1.807) is 13.8 Å². The quantitative estimate of drug-likeness (QED) is 0.580. The predicted octanol–water partition coefficient (Wildman–Crippen LogP) is 2.30. The van der Waals surface area contributed by atoms with E-state index in [-0.39, 0.29) is 41.1 Å². The van der Waals surface area contributed by atoms with Crippen molar-refractivity contribution in [1.29, 1.82) is 5.41 Å². The molecule has 0 aliphatic carbocycles. The van der Waals surface area contributed by atoms with Crippen LogP contribution in [0.4, 0.5) is 14.6 Å². The first-order valence-corrected chi connectivity index (χ1v) is 6.98. The van der Waals surface area contributed by atoms with Gasteiger partial charge in [0, 0.05) is 12.1 Å². The van der Waals surface area contributed by atoms with Gasteiger partial charge in [0.1, 0.15) is 29.0 Å². The van der Waals surface area contributed by atoms with Crippen molar-refractivity contribution in [2.24, 2.45) is 11.7 Å². The maximum atomic E-state index is 13.9. The highest BCUT2D eigenvalue weighted by Crippen LogP contribution is 2.24. The number of nitrogens with one attached hydrogen (secondary N) is 1. The average Bonchev–Trinajstić information content (AvgIpc) is 2.79. The lowest BCUT2D eigenvalue weighted by Crippen LogP contribution is -2.14. The zero-order valence-electron chi connectivity index (χ0n) is 12.8. The molecular formula is C15H18F2N6. The van der Waals surface area contributed by atoms with E-state index in [0.717, 1.165) is 0 Å². The van der Waals surface area contributed by atoms with Gasteiger partial charge in [-0.2, -0.15) is 5.10 Å². The van der Waals surface area contributed by atoms with Crippen LogP contribution in [-0.2, 0) is 6.54 Å². The van der Waals surface area contributed by atoms with Crippen LogP contribution in [0.5, 0.6) is 0 Å². The lowest BCUT2D eigenvalue weighted by Gasteiger charge is -2.05. The van der Waals surface area contributed by atoms with E-state index in [0.29, 0.717) is 0 Å². The third kappa shape index (κ3) is 3.53. The second kappa shape index (κ2) is 6.55. The Morgan fingerprint density at radius 1 is 1.48 bits per heavy atom. The van der Waals surface area contributed by atoms with E-state index in [1.807, 2.05) is 0 Å². The molecule has 6 nitrogen and oxygen atoms in total. The van der Waals surface area contributed by atoms with Gasteiger partial charge in [0.25, 0.3) is 0 Å². The Balaban J connectivity index is 2.49. The number of nitrogens with zero attached hydrogens (tertiary/aromatic N) is 3. The molecule has 0 aromatic carbocycles. The molecule has 0 amide bonds. The maximum Gasteiger partial charge on any atom is 0.146 e. The molecular weight excluding hydrogens is 302 g/mol. The number of amidine groups is 1. The van der Waals surface area contributed by atoms with Gasteiger partial charge in [-0.3, -0.25) is 10.4 Å². The first-order chi connectivity index (χ1) is 10.8. The monoisotopic (exact) mass is 320 g/mol. The summed E-state index contributed by atoms with van der Waals surface area (Å²) >= 11 is 0. The zero-order chi connectivity index (χ0) is 17.1. The van der Waals surface area contributed by atoms with E-state index in [2.05, 4.69) is 10.1 Å². The smallest absolute Gasteiger partial charge is 0.146 e. The molecule has 0 radical (unpaired) electrons. The molecule has 0 saturated heterocycles. The zero-order valence-corrected chi connectivity index (χ0v) is 12.8. The second-order valence-corrected chi connectivity index (χ2v) is 5.33. The summed E-state index contributed by atoms with van der Waals surface area (Å²) in [7, 11) is 0. The van der Waals surface area contributed by atoms with Gasteiger partial charge in [0.05, 0.1) is 17.8 Å². The van der Waals surface area contributed by atoms with E-state index >= 15 is 0 Å². The largest absolute Gasteiger partial charge is 0.383 e. The van der Waals surface area contributed by atoms with Gasteiger partial charge in [-0.05, 0) is 18.2 Å². The third-order valence-electron chi connectivity index (χ3n) is 3.25. The molecule has 0 aliphatic heterocycles. The molecule has 2 rings (SSSR count). The Morgan fingerprint density at radius 2 is 2.17 bits per heavy atom. The average molecular weight is 320 g/mol. The summed E-state index contributed by atoms with van der Waals surface area (Å²) in [6.07, 6.45) is 2.65. The van der Waals surface area contributed by atoms with Crippen LogP contribution in [0.15, 0.2) is 24.2 Å². The van der Waals surface area contributed by atoms with Crippen molar-refractivity contribution in [3.05, 3.63) is 46.9 Å². The number of aromatic nitrogens is 3. The molecule has 122 valence electrons. The van der Waals surface area contributed by atoms with Crippen molar-refractivity contribution in [3.63, 3.8) is 0 Å². The number of nitrogens with two attached hydrogens (primary N) is 2.